The Bertz CT molecular complexity index is 770. The third-order valence-electron chi connectivity index (χ3n) is 3.48. The lowest BCUT2D eigenvalue weighted by atomic mass is 10.1. The molecule has 0 radical (unpaired) electrons. The second-order valence-corrected chi connectivity index (χ2v) is 5.90. The van der Waals surface area contributed by atoms with Crippen LogP contribution in [0, 0.1) is 17.2 Å². The summed E-state index contributed by atoms with van der Waals surface area (Å²) < 4.78 is 7.56. The molecule has 4 nitrogen and oxygen atoms in total. The molecular weight excluding hydrogens is 288 g/mol. The Morgan fingerprint density at radius 3 is 2.61 bits per heavy atom. The summed E-state index contributed by atoms with van der Waals surface area (Å²) in [7, 11) is 0. The maximum absolute atomic E-state index is 12.5. The number of nitrogens with zero attached hydrogens (tertiary/aromatic N) is 2. The molecule has 1 aromatic carbocycles. The van der Waals surface area contributed by atoms with Gasteiger partial charge in [-0.15, -0.1) is 0 Å². The second-order valence-electron chi connectivity index (χ2n) is 5.90. The number of pyridine rings is 1. The average molecular weight is 310 g/mol. The van der Waals surface area contributed by atoms with E-state index in [9.17, 15) is 4.79 Å². The molecule has 0 atom stereocenters. The highest BCUT2D eigenvalue weighted by Gasteiger charge is 2.13. The first-order valence-corrected chi connectivity index (χ1v) is 7.94. The molecule has 0 unspecified atom stereocenters. The van der Waals surface area contributed by atoms with E-state index in [1.54, 1.807) is 10.6 Å². The summed E-state index contributed by atoms with van der Waals surface area (Å²) in [6.07, 6.45) is 0.816. The fraction of sp³-hybridized carbons (Fsp3) is 0.368. The van der Waals surface area contributed by atoms with Crippen molar-refractivity contribution >= 4 is 0 Å². The zero-order chi connectivity index (χ0) is 16.8. The van der Waals surface area contributed by atoms with Crippen LogP contribution in [0.2, 0.25) is 0 Å². The molecule has 23 heavy (non-hydrogen) atoms. The summed E-state index contributed by atoms with van der Waals surface area (Å²) in [6, 6.07) is 13.1. The Hall–Kier alpha value is -2.54. The molecule has 0 saturated carbocycles. The highest BCUT2D eigenvalue weighted by Crippen LogP contribution is 2.29. The first-order chi connectivity index (χ1) is 11.1. The molecule has 0 amide bonds. The van der Waals surface area contributed by atoms with Gasteiger partial charge in [0.15, 0.2) is 0 Å². The Morgan fingerprint density at radius 1 is 1.22 bits per heavy atom. The minimum absolute atomic E-state index is 0.169. The van der Waals surface area contributed by atoms with E-state index in [1.807, 2.05) is 43.3 Å². The van der Waals surface area contributed by atoms with Crippen molar-refractivity contribution in [2.75, 3.05) is 6.61 Å². The highest BCUT2D eigenvalue weighted by molar-refractivity contribution is 5.68. The van der Waals surface area contributed by atoms with E-state index in [1.165, 1.54) is 0 Å². The van der Waals surface area contributed by atoms with E-state index in [0.29, 0.717) is 19.1 Å². The molecule has 0 aliphatic rings. The van der Waals surface area contributed by atoms with Crippen molar-refractivity contribution in [1.29, 1.82) is 5.26 Å². The van der Waals surface area contributed by atoms with Gasteiger partial charge in [-0.2, -0.15) is 5.26 Å². The van der Waals surface area contributed by atoms with Crippen LogP contribution in [-0.2, 0) is 6.54 Å². The first-order valence-electron chi connectivity index (χ1n) is 7.94. The predicted molar refractivity (Wildman–Crippen MR) is 91.5 cm³/mol. The van der Waals surface area contributed by atoms with Gasteiger partial charge in [-0.1, -0.05) is 32.9 Å². The Balaban J connectivity index is 2.56. The smallest absolute Gasteiger partial charge is 0.268 e. The molecule has 0 aliphatic carbocycles. The summed E-state index contributed by atoms with van der Waals surface area (Å²) in [5, 5.41) is 9.08. The number of hydrogen-bond acceptors (Lipinski definition) is 3. The normalized spacial score (nSPS) is 10.6. The molecule has 0 spiro atoms. The van der Waals surface area contributed by atoms with E-state index in [-0.39, 0.29) is 11.1 Å². The summed E-state index contributed by atoms with van der Waals surface area (Å²) in [5.74, 6) is 1.18. The fourth-order valence-electron chi connectivity index (χ4n) is 2.40. The number of aromatic nitrogens is 1. The molecule has 0 N–H and O–H groups in total. The molecule has 0 saturated heterocycles. The number of rotatable bonds is 6. The van der Waals surface area contributed by atoms with Crippen molar-refractivity contribution in [2.24, 2.45) is 5.92 Å². The Kier molecular flexibility index (Phi) is 5.59. The number of nitriles is 1. The molecule has 0 fully saturated rings. The van der Waals surface area contributed by atoms with Gasteiger partial charge in [0.2, 0.25) is 0 Å². The van der Waals surface area contributed by atoms with Gasteiger partial charge in [0, 0.05) is 12.1 Å². The molecule has 1 heterocycles. The Labute approximate surface area is 137 Å². The molecule has 0 aliphatic heterocycles. The number of hydrogen-bond donors (Lipinski definition) is 0. The van der Waals surface area contributed by atoms with Gasteiger partial charge in [0.05, 0.1) is 12.3 Å². The maximum atomic E-state index is 12.5. The summed E-state index contributed by atoms with van der Waals surface area (Å²) >= 11 is 0. The van der Waals surface area contributed by atoms with Crippen LogP contribution < -0.4 is 10.3 Å². The van der Waals surface area contributed by atoms with Crippen LogP contribution in [0.1, 0.15) is 32.8 Å². The SMILES string of the molecule is CCCn1c(-c2ccccc2OCC(C)C)ccc(C#N)c1=O. The van der Waals surface area contributed by atoms with Crippen LogP contribution in [-0.4, -0.2) is 11.2 Å². The van der Waals surface area contributed by atoms with Crippen LogP contribution in [0.4, 0.5) is 0 Å². The monoisotopic (exact) mass is 310 g/mol. The lowest BCUT2D eigenvalue weighted by molar-refractivity contribution is 0.272. The molecule has 2 aromatic rings. The zero-order valence-electron chi connectivity index (χ0n) is 13.9. The molecule has 0 bridgehead atoms. The number of ether oxygens (including phenoxy) is 1. The van der Waals surface area contributed by atoms with Crippen LogP contribution in [0.25, 0.3) is 11.3 Å². The predicted octanol–water partition coefficient (Wildman–Crippen LogP) is 3.83. The van der Waals surface area contributed by atoms with Crippen molar-refractivity contribution in [1.82, 2.24) is 4.57 Å². The maximum Gasteiger partial charge on any atom is 0.268 e. The van der Waals surface area contributed by atoms with Gasteiger partial charge < -0.3 is 9.30 Å². The molecule has 120 valence electrons. The van der Waals surface area contributed by atoms with Gasteiger partial charge in [0.25, 0.3) is 5.56 Å². The van der Waals surface area contributed by atoms with Crippen molar-refractivity contribution in [3.05, 3.63) is 52.3 Å². The number of para-hydroxylation sites is 1. The van der Waals surface area contributed by atoms with Gasteiger partial charge in [0.1, 0.15) is 17.4 Å². The van der Waals surface area contributed by atoms with Gasteiger partial charge in [-0.3, -0.25) is 4.79 Å². The average Bonchev–Trinajstić information content (AvgIpc) is 2.55. The van der Waals surface area contributed by atoms with Crippen LogP contribution in [0.5, 0.6) is 5.75 Å². The van der Waals surface area contributed by atoms with Crippen LogP contribution >= 0.6 is 0 Å². The molecule has 1 aromatic heterocycles. The fourth-order valence-corrected chi connectivity index (χ4v) is 2.40. The van der Waals surface area contributed by atoms with Crippen LogP contribution in [0.15, 0.2) is 41.2 Å². The topological polar surface area (TPSA) is 55.0 Å². The molecule has 2 rings (SSSR count). The van der Waals surface area contributed by atoms with Gasteiger partial charge >= 0.3 is 0 Å². The van der Waals surface area contributed by atoms with Crippen molar-refractivity contribution in [2.45, 2.75) is 33.7 Å². The van der Waals surface area contributed by atoms with Crippen molar-refractivity contribution in [3.8, 4) is 23.1 Å². The lowest BCUT2D eigenvalue weighted by Gasteiger charge is -2.17. The summed E-state index contributed by atoms with van der Waals surface area (Å²) in [4.78, 5) is 12.5. The second kappa shape index (κ2) is 7.64. The molecule has 4 heteroatoms. The van der Waals surface area contributed by atoms with Gasteiger partial charge in [-0.05, 0) is 36.6 Å². The third-order valence-corrected chi connectivity index (χ3v) is 3.48. The largest absolute Gasteiger partial charge is 0.493 e. The molecular formula is C19H22N2O2. The van der Waals surface area contributed by atoms with E-state index >= 15 is 0 Å². The summed E-state index contributed by atoms with van der Waals surface area (Å²) in [6.45, 7) is 7.39. The van der Waals surface area contributed by atoms with E-state index in [0.717, 1.165) is 23.4 Å². The lowest BCUT2D eigenvalue weighted by Crippen LogP contribution is -2.24. The quantitative estimate of drug-likeness (QED) is 0.814. The Morgan fingerprint density at radius 2 is 1.96 bits per heavy atom. The third kappa shape index (κ3) is 3.81. The van der Waals surface area contributed by atoms with Crippen LogP contribution in [0.3, 0.4) is 0 Å². The standard InChI is InChI=1S/C19H22N2O2/c1-4-11-21-17(10-9-15(12-20)19(21)22)16-7-5-6-8-18(16)23-13-14(2)3/h5-10,14H,4,11,13H2,1-3H3. The van der Waals surface area contributed by atoms with Crippen molar-refractivity contribution in [3.63, 3.8) is 0 Å². The van der Waals surface area contributed by atoms with E-state index in [2.05, 4.69) is 13.8 Å². The van der Waals surface area contributed by atoms with Crippen molar-refractivity contribution < 1.29 is 4.74 Å². The highest BCUT2D eigenvalue weighted by atomic mass is 16.5. The number of benzene rings is 1. The van der Waals surface area contributed by atoms with Gasteiger partial charge in [-0.25, -0.2) is 0 Å². The summed E-state index contributed by atoms with van der Waals surface area (Å²) in [5.41, 5.74) is 1.59. The van der Waals surface area contributed by atoms with E-state index in [4.69, 9.17) is 10.00 Å². The van der Waals surface area contributed by atoms with E-state index < -0.39 is 0 Å². The zero-order valence-corrected chi connectivity index (χ0v) is 13.9. The minimum atomic E-state index is -0.245. The first kappa shape index (κ1) is 16.8. The minimum Gasteiger partial charge on any atom is -0.493 e.